The molecule has 0 aliphatic carbocycles. The number of carbonyl (C=O) groups is 4. The molecule has 186 valence electrons. The van der Waals surface area contributed by atoms with Gasteiger partial charge in [0.1, 0.15) is 0 Å². The number of hydrogen-bond acceptors (Lipinski definition) is 4. The Hall–Kier alpha value is -3.15. The second kappa shape index (κ2) is 12.2. The van der Waals surface area contributed by atoms with Crippen LogP contribution in [-0.2, 0) is 27.0 Å². The smallest absolute Gasteiger partial charge is 1.00 e. The predicted octanol–water partition coefficient (Wildman–Crippen LogP) is 0.151. The van der Waals surface area contributed by atoms with Crippen molar-refractivity contribution < 1.29 is 68.4 Å². The predicted molar refractivity (Wildman–Crippen MR) is 119 cm³/mol. The van der Waals surface area contributed by atoms with Crippen LogP contribution < -0.4 is 40.2 Å². The van der Waals surface area contributed by atoms with Crippen molar-refractivity contribution in [1.29, 1.82) is 0 Å². The molecule has 1 aliphatic heterocycles. The summed E-state index contributed by atoms with van der Waals surface area (Å²) in [5.41, 5.74) is 0.972. The first-order valence-electron chi connectivity index (χ1n) is 10.5. The van der Waals surface area contributed by atoms with Gasteiger partial charge < -0.3 is 22.1 Å². The molecule has 2 atom stereocenters. The van der Waals surface area contributed by atoms with Gasteiger partial charge in [0.2, 0.25) is 0 Å². The fraction of sp³-hybridized carbons (Fsp3) is 0.250. The summed E-state index contributed by atoms with van der Waals surface area (Å²) >= 11 is 0. The Bertz CT molecular complexity index is 1170. The Morgan fingerprint density at radius 1 is 1.11 bits per heavy atom. The molecule has 2 aromatic carbocycles. The number of carbonyl (C=O) groups excluding carboxylic acids is 3. The van der Waals surface area contributed by atoms with Crippen LogP contribution in [0.3, 0.4) is 0 Å². The third kappa shape index (κ3) is 7.67. The SMILES string of the molecule is CN1C=CC(=O)C(NC(=O)NC(CC(=O)O)c2cccc(Cc3ccc(C(F)(F)F)cc3)c2)C1=O.[H-].[Na+]. The standard InChI is InChI=1S/C24H22F3N3O5.Na.H/c1-30-10-9-19(31)21(22(30)34)29-23(35)28-18(13-20(32)33)16-4-2-3-15(12-16)11-14-5-7-17(8-6-14)24(25,26)27;;/h2-10,12,18,21H,11,13H2,1H3,(H,32,33)(H2,28,29,35);;/q;+1;-1. The van der Waals surface area contributed by atoms with Crippen molar-refractivity contribution in [3.8, 4) is 0 Å². The summed E-state index contributed by atoms with van der Waals surface area (Å²) in [5, 5.41) is 14.1. The van der Waals surface area contributed by atoms with Crippen molar-refractivity contribution in [3.63, 3.8) is 0 Å². The van der Waals surface area contributed by atoms with Crippen molar-refractivity contribution in [2.75, 3.05) is 7.05 Å². The summed E-state index contributed by atoms with van der Waals surface area (Å²) in [5.74, 6) is -2.45. The first-order chi connectivity index (χ1) is 16.4. The van der Waals surface area contributed by atoms with E-state index in [4.69, 9.17) is 0 Å². The van der Waals surface area contributed by atoms with Crippen LogP contribution in [0.25, 0.3) is 0 Å². The molecular weight excluding hydrogens is 490 g/mol. The van der Waals surface area contributed by atoms with Gasteiger partial charge in [0, 0.05) is 19.3 Å². The summed E-state index contributed by atoms with van der Waals surface area (Å²) in [7, 11) is 1.42. The van der Waals surface area contributed by atoms with E-state index in [2.05, 4.69) is 10.6 Å². The molecular formula is C24H23F3N3NaO5. The van der Waals surface area contributed by atoms with Gasteiger partial charge in [-0.25, -0.2) is 4.79 Å². The molecule has 0 saturated heterocycles. The molecule has 12 heteroatoms. The first-order valence-corrected chi connectivity index (χ1v) is 10.5. The third-order valence-corrected chi connectivity index (χ3v) is 5.34. The molecule has 2 unspecified atom stereocenters. The molecule has 0 aromatic heterocycles. The van der Waals surface area contributed by atoms with Gasteiger partial charge >= 0.3 is 47.7 Å². The van der Waals surface area contributed by atoms with Gasteiger partial charge in [0.15, 0.2) is 11.8 Å². The van der Waals surface area contributed by atoms with Gasteiger partial charge in [-0.15, -0.1) is 0 Å². The third-order valence-electron chi connectivity index (χ3n) is 5.34. The van der Waals surface area contributed by atoms with Crippen LogP contribution in [0.5, 0.6) is 0 Å². The van der Waals surface area contributed by atoms with E-state index in [0.717, 1.165) is 23.1 Å². The molecule has 1 heterocycles. The second-order valence-electron chi connectivity index (χ2n) is 7.99. The van der Waals surface area contributed by atoms with Crippen LogP contribution in [0.1, 0.15) is 36.1 Å². The summed E-state index contributed by atoms with van der Waals surface area (Å²) < 4.78 is 38.3. The molecule has 0 saturated carbocycles. The molecule has 0 radical (unpaired) electrons. The number of rotatable bonds is 7. The van der Waals surface area contributed by atoms with Gasteiger partial charge in [0.05, 0.1) is 18.0 Å². The maximum atomic E-state index is 12.8. The number of hydrogen-bond donors (Lipinski definition) is 3. The average molecular weight is 513 g/mol. The number of nitrogens with zero attached hydrogens (tertiary/aromatic N) is 1. The number of aliphatic carboxylic acids is 1. The number of alkyl halides is 3. The number of carboxylic acids is 1. The minimum absolute atomic E-state index is 0. The van der Waals surface area contributed by atoms with Crippen molar-refractivity contribution in [1.82, 2.24) is 15.5 Å². The quantitative estimate of drug-likeness (QED) is 0.360. The zero-order valence-corrected chi connectivity index (χ0v) is 21.5. The Morgan fingerprint density at radius 3 is 2.39 bits per heavy atom. The van der Waals surface area contributed by atoms with E-state index < -0.39 is 53.9 Å². The van der Waals surface area contributed by atoms with E-state index in [9.17, 15) is 37.5 Å². The first kappa shape index (κ1) is 29.1. The van der Waals surface area contributed by atoms with E-state index in [-0.39, 0.29) is 37.4 Å². The van der Waals surface area contributed by atoms with Gasteiger partial charge in [-0.1, -0.05) is 36.4 Å². The minimum atomic E-state index is -4.44. The van der Waals surface area contributed by atoms with Crippen LogP contribution in [0.4, 0.5) is 18.0 Å². The molecule has 3 N–H and O–H groups in total. The monoisotopic (exact) mass is 513 g/mol. The summed E-state index contributed by atoms with van der Waals surface area (Å²) in [6, 6.07) is 7.95. The largest absolute Gasteiger partial charge is 1.00 e. The number of urea groups is 1. The van der Waals surface area contributed by atoms with Gasteiger partial charge in [-0.3, -0.25) is 14.4 Å². The fourth-order valence-corrected chi connectivity index (χ4v) is 3.54. The molecule has 8 nitrogen and oxygen atoms in total. The topological polar surface area (TPSA) is 116 Å². The van der Waals surface area contributed by atoms with Crippen molar-refractivity contribution >= 4 is 23.7 Å². The Labute approximate surface area is 228 Å². The van der Waals surface area contributed by atoms with E-state index >= 15 is 0 Å². The van der Waals surface area contributed by atoms with Crippen LogP contribution in [0.15, 0.2) is 60.8 Å². The van der Waals surface area contributed by atoms with Crippen LogP contribution in [0, 0.1) is 0 Å². The zero-order valence-electron chi connectivity index (χ0n) is 20.5. The summed E-state index contributed by atoms with van der Waals surface area (Å²) in [6.45, 7) is 0. The fourth-order valence-electron chi connectivity index (χ4n) is 3.54. The molecule has 3 amide bonds. The molecule has 0 bridgehead atoms. The Kier molecular flexibility index (Phi) is 9.85. The average Bonchev–Trinajstić information content (AvgIpc) is 2.78. The van der Waals surface area contributed by atoms with Crippen LogP contribution >= 0.6 is 0 Å². The Morgan fingerprint density at radius 2 is 1.78 bits per heavy atom. The number of ketones is 1. The van der Waals surface area contributed by atoms with Crippen molar-refractivity contribution in [2.45, 2.75) is 31.1 Å². The van der Waals surface area contributed by atoms with Crippen LogP contribution in [-0.4, -0.2) is 46.8 Å². The molecule has 36 heavy (non-hydrogen) atoms. The molecule has 0 fully saturated rings. The number of benzene rings is 2. The van der Waals surface area contributed by atoms with E-state index in [1.165, 1.54) is 25.4 Å². The number of likely N-dealkylation sites (N-methyl/N-ethyl adjacent to an activating group) is 1. The molecule has 1 aliphatic rings. The molecule has 2 aromatic rings. The van der Waals surface area contributed by atoms with E-state index in [1.54, 1.807) is 24.3 Å². The van der Waals surface area contributed by atoms with Gasteiger partial charge in [-0.2, -0.15) is 13.2 Å². The number of carboxylic acid groups (broad SMARTS) is 1. The number of amides is 3. The van der Waals surface area contributed by atoms with Gasteiger partial charge in [-0.05, 0) is 35.2 Å². The number of nitrogens with one attached hydrogen (secondary N) is 2. The molecule has 0 spiro atoms. The number of halogens is 3. The van der Waals surface area contributed by atoms with Crippen LogP contribution in [0.2, 0.25) is 0 Å². The van der Waals surface area contributed by atoms with Gasteiger partial charge in [0.25, 0.3) is 5.91 Å². The van der Waals surface area contributed by atoms with Crippen molar-refractivity contribution in [2.24, 2.45) is 0 Å². The maximum Gasteiger partial charge on any atom is 1.00 e. The van der Waals surface area contributed by atoms with E-state index in [0.29, 0.717) is 16.7 Å². The summed E-state index contributed by atoms with van der Waals surface area (Å²) in [4.78, 5) is 49.2. The summed E-state index contributed by atoms with van der Waals surface area (Å²) in [6.07, 6.45) is -2.22. The molecule has 3 rings (SSSR count). The van der Waals surface area contributed by atoms with E-state index in [1.807, 2.05) is 0 Å². The Balaban J connectivity index is 0.00000342. The minimum Gasteiger partial charge on any atom is -1.00 e. The maximum absolute atomic E-state index is 12.8. The van der Waals surface area contributed by atoms with Crippen molar-refractivity contribution in [3.05, 3.63) is 83.1 Å². The normalized spacial score (nSPS) is 16.2. The zero-order chi connectivity index (χ0) is 25.8. The second-order valence-corrected chi connectivity index (χ2v) is 7.99.